The minimum absolute atomic E-state index is 0.220. The van der Waals surface area contributed by atoms with Crippen LogP contribution in [0.3, 0.4) is 0 Å². The maximum Gasteiger partial charge on any atom is 0.138 e. The van der Waals surface area contributed by atoms with Gasteiger partial charge in [-0.2, -0.15) is 0 Å². The first kappa shape index (κ1) is 9.84. The molecule has 0 aromatic carbocycles. The van der Waals surface area contributed by atoms with Crippen LogP contribution in [0.15, 0.2) is 6.07 Å². The molecule has 0 spiro atoms. The molecule has 3 heteroatoms. The number of rotatable bonds is 3. The Balaban J connectivity index is 2.83. The second-order valence-corrected chi connectivity index (χ2v) is 3.12. The van der Waals surface area contributed by atoms with Crippen LogP contribution >= 0.6 is 0 Å². The molecule has 0 N–H and O–H groups in total. The predicted molar refractivity (Wildman–Crippen MR) is 50.5 cm³/mol. The van der Waals surface area contributed by atoms with Gasteiger partial charge in [-0.1, -0.05) is 6.92 Å². The molecule has 1 rings (SSSR count). The van der Waals surface area contributed by atoms with Crippen LogP contribution in [0.2, 0.25) is 0 Å². The van der Waals surface area contributed by atoms with E-state index in [1.807, 2.05) is 26.8 Å². The number of nitrogens with zero attached hydrogens (tertiary/aromatic N) is 2. The highest BCUT2D eigenvalue weighted by Gasteiger charge is 2.03. The van der Waals surface area contributed by atoms with E-state index >= 15 is 0 Å². The van der Waals surface area contributed by atoms with E-state index in [4.69, 9.17) is 0 Å². The molecule has 1 heterocycles. The van der Waals surface area contributed by atoms with Crippen LogP contribution < -0.4 is 0 Å². The molecule has 0 bridgehead atoms. The van der Waals surface area contributed by atoms with Crippen molar-refractivity contribution in [2.24, 2.45) is 0 Å². The van der Waals surface area contributed by atoms with Gasteiger partial charge in [0.2, 0.25) is 0 Å². The standard InChI is InChI=1S/C10H14N2O/c1-4-10(13)6-9-5-7(2)11-8(3)12-9/h5H,4,6H2,1-3H3. The second kappa shape index (κ2) is 4.12. The molecule has 0 radical (unpaired) electrons. The van der Waals surface area contributed by atoms with Gasteiger partial charge >= 0.3 is 0 Å². The van der Waals surface area contributed by atoms with Crippen LogP contribution in [-0.2, 0) is 11.2 Å². The van der Waals surface area contributed by atoms with Gasteiger partial charge in [-0.25, -0.2) is 9.97 Å². The molecule has 0 aliphatic carbocycles. The van der Waals surface area contributed by atoms with Crippen molar-refractivity contribution in [3.63, 3.8) is 0 Å². The third-order valence-corrected chi connectivity index (χ3v) is 1.79. The normalized spacial score (nSPS) is 10.1. The van der Waals surface area contributed by atoms with Gasteiger partial charge in [0.1, 0.15) is 11.6 Å². The lowest BCUT2D eigenvalue weighted by Gasteiger charge is -2.01. The van der Waals surface area contributed by atoms with Gasteiger partial charge < -0.3 is 0 Å². The number of ketones is 1. The topological polar surface area (TPSA) is 42.9 Å². The van der Waals surface area contributed by atoms with Crippen LogP contribution in [0, 0.1) is 13.8 Å². The molecule has 0 saturated carbocycles. The first-order chi connectivity index (χ1) is 6.11. The highest BCUT2D eigenvalue weighted by molar-refractivity contribution is 5.80. The highest BCUT2D eigenvalue weighted by atomic mass is 16.1. The number of carbonyl (C=O) groups excluding carboxylic acids is 1. The molecule has 1 aromatic heterocycles. The van der Waals surface area contributed by atoms with E-state index in [0.29, 0.717) is 12.8 Å². The number of hydrogen-bond donors (Lipinski definition) is 0. The van der Waals surface area contributed by atoms with Crippen molar-refractivity contribution in [2.45, 2.75) is 33.6 Å². The zero-order valence-electron chi connectivity index (χ0n) is 8.29. The maximum atomic E-state index is 11.1. The molecule has 0 fully saturated rings. The molecule has 70 valence electrons. The van der Waals surface area contributed by atoms with Crippen LogP contribution in [0.1, 0.15) is 30.6 Å². The Hall–Kier alpha value is -1.25. The van der Waals surface area contributed by atoms with Crippen LogP contribution in [0.25, 0.3) is 0 Å². The Bertz CT molecular complexity index is 300. The van der Waals surface area contributed by atoms with Crippen LogP contribution in [0.5, 0.6) is 0 Å². The quantitative estimate of drug-likeness (QED) is 0.706. The first-order valence-corrected chi connectivity index (χ1v) is 4.44. The third kappa shape index (κ3) is 2.93. The summed E-state index contributed by atoms with van der Waals surface area (Å²) < 4.78 is 0. The maximum absolute atomic E-state index is 11.1. The fourth-order valence-electron chi connectivity index (χ4n) is 1.21. The van der Waals surface area contributed by atoms with Crippen LogP contribution in [-0.4, -0.2) is 15.8 Å². The van der Waals surface area contributed by atoms with Gasteiger partial charge in [0, 0.05) is 18.5 Å². The number of hydrogen-bond acceptors (Lipinski definition) is 3. The van der Waals surface area contributed by atoms with Gasteiger partial charge in [0.15, 0.2) is 0 Å². The molecular formula is C10H14N2O. The van der Waals surface area contributed by atoms with Crippen molar-refractivity contribution in [2.75, 3.05) is 0 Å². The summed E-state index contributed by atoms with van der Waals surface area (Å²) in [6.07, 6.45) is 1.00. The van der Waals surface area contributed by atoms with E-state index in [0.717, 1.165) is 17.2 Å². The molecule has 1 aromatic rings. The Kier molecular flexibility index (Phi) is 3.12. The average molecular weight is 178 g/mol. The van der Waals surface area contributed by atoms with Crippen molar-refractivity contribution < 1.29 is 4.79 Å². The summed E-state index contributed by atoms with van der Waals surface area (Å²) >= 11 is 0. The Morgan fingerprint density at radius 1 is 1.38 bits per heavy atom. The molecule has 3 nitrogen and oxygen atoms in total. The van der Waals surface area contributed by atoms with E-state index in [-0.39, 0.29) is 5.78 Å². The minimum Gasteiger partial charge on any atom is -0.299 e. The Morgan fingerprint density at radius 3 is 2.62 bits per heavy atom. The average Bonchev–Trinajstić information content (AvgIpc) is 2.02. The van der Waals surface area contributed by atoms with E-state index in [2.05, 4.69) is 9.97 Å². The molecule has 0 unspecified atom stereocenters. The molecule has 0 aliphatic heterocycles. The van der Waals surface area contributed by atoms with Gasteiger partial charge in [-0.3, -0.25) is 4.79 Å². The number of carbonyl (C=O) groups is 1. The summed E-state index contributed by atoms with van der Waals surface area (Å²) in [6.45, 7) is 5.62. The fraction of sp³-hybridized carbons (Fsp3) is 0.500. The van der Waals surface area contributed by atoms with Gasteiger partial charge in [0.05, 0.1) is 5.69 Å². The smallest absolute Gasteiger partial charge is 0.138 e. The lowest BCUT2D eigenvalue weighted by atomic mass is 10.1. The molecule has 0 atom stereocenters. The summed E-state index contributed by atoms with van der Waals surface area (Å²) in [5.41, 5.74) is 1.75. The Labute approximate surface area is 78.2 Å². The van der Waals surface area contributed by atoms with E-state index in [1.54, 1.807) is 0 Å². The van der Waals surface area contributed by atoms with Crippen molar-refractivity contribution in [1.29, 1.82) is 0 Å². The molecule has 0 amide bonds. The molecule has 0 aliphatic rings. The summed E-state index contributed by atoms with van der Waals surface area (Å²) in [5, 5.41) is 0. The minimum atomic E-state index is 0.220. The lowest BCUT2D eigenvalue weighted by Crippen LogP contribution is -2.05. The first-order valence-electron chi connectivity index (χ1n) is 4.44. The summed E-state index contributed by atoms with van der Waals surface area (Å²) in [6, 6.07) is 1.86. The summed E-state index contributed by atoms with van der Waals surface area (Å²) in [5.74, 6) is 0.955. The van der Waals surface area contributed by atoms with Gasteiger partial charge in [0.25, 0.3) is 0 Å². The van der Waals surface area contributed by atoms with Crippen molar-refractivity contribution in [3.05, 3.63) is 23.3 Å². The number of aromatic nitrogens is 2. The second-order valence-electron chi connectivity index (χ2n) is 3.12. The molecule has 0 saturated heterocycles. The third-order valence-electron chi connectivity index (χ3n) is 1.79. The summed E-state index contributed by atoms with van der Waals surface area (Å²) in [7, 11) is 0. The summed E-state index contributed by atoms with van der Waals surface area (Å²) in [4.78, 5) is 19.5. The number of Topliss-reactive ketones (excluding diaryl/α,β-unsaturated/α-hetero) is 1. The number of aryl methyl sites for hydroxylation is 2. The largest absolute Gasteiger partial charge is 0.299 e. The predicted octanol–water partition coefficient (Wildman–Crippen LogP) is 1.62. The van der Waals surface area contributed by atoms with Crippen LogP contribution in [0.4, 0.5) is 0 Å². The molecule has 13 heavy (non-hydrogen) atoms. The zero-order chi connectivity index (χ0) is 9.84. The zero-order valence-corrected chi connectivity index (χ0v) is 8.29. The van der Waals surface area contributed by atoms with Gasteiger partial charge in [-0.15, -0.1) is 0 Å². The lowest BCUT2D eigenvalue weighted by molar-refractivity contribution is -0.118. The van der Waals surface area contributed by atoms with E-state index in [9.17, 15) is 4.79 Å². The van der Waals surface area contributed by atoms with Crippen molar-refractivity contribution in [1.82, 2.24) is 9.97 Å². The van der Waals surface area contributed by atoms with E-state index < -0.39 is 0 Å². The monoisotopic (exact) mass is 178 g/mol. The fourth-order valence-corrected chi connectivity index (χ4v) is 1.21. The van der Waals surface area contributed by atoms with Crippen molar-refractivity contribution in [3.8, 4) is 0 Å². The van der Waals surface area contributed by atoms with E-state index in [1.165, 1.54) is 0 Å². The molecular weight excluding hydrogens is 164 g/mol. The van der Waals surface area contributed by atoms with Gasteiger partial charge in [-0.05, 0) is 19.9 Å². The SMILES string of the molecule is CCC(=O)Cc1cc(C)nc(C)n1. The van der Waals surface area contributed by atoms with Crippen molar-refractivity contribution >= 4 is 5.78 Å². The highest BCUT2D eigenvalue weighted by Crippen LogP contribution is 2.02. The Morgan fingerprint density at radius 2 is 2.08 bits per heavy atom.